The number of hydrogen-bond donors (Lipinski definition) is 0. The van der Waals surface area contributed by atoms with Gasteiger partial charge in [0.15, 0.2) is 11.5 Å². The molecule has 6 heteroatoms. The number of hydrogen-bond acceptors (Lipinski definition) is 4. The number of fused-ring (bicyclic) bond motifs is 2. The Bertz CT molecular complexity index is 1430. The molecule has 0 aliphatic carbocycles. The van der Waals surface area contributed by atoms with E-state index in [-0.39, 0.29) is 4.90 Å². The topological polar surface area (TPSA) is 65.1 Å². The Morgan fingerprint density at radius 1 is 0.893 bits per heavy atom. The maximum absolute atomic E-state index is 13.5. The van der Waals surface area contributed by atoms with Gasteiger partial charge >= 0.3 is 0 Å². The minimum absolute atomic E-state index is 0.246. The molecular formula is C22H16N2O3S. The van der Waals surface area contributed by atoms with E-state index in [2.05, 4.69) is 4.98 Å². The van der Waals surface area contributed by atoms with Crippen LogP contribution in [0.1, 0.15) is 5.89 Å². The highest BCUT2D eigenvalue weighted by atomic mass is 32.2. The Hall–Kier alpha value is -3.38. The molecule has 0 aliphatic heterocycles. The summed E-state index contributed by atoms with van der Waals surface area (Å²) in [6.07, 6.45) is 0. The van der Waals surface area contributed by atoms with Crippen LogP contribution in [0, 0.1) is 6.92 Å². The Balaban J connectivity index is 1.83. The quantitative estimate of drug-likeness (QED) is 0.436. The monoisotopic (exact) mass is 388 g/mol. The fourth-order valence-electron chi connectivity index (χ4n) is 3.49. The van der Waals surface area contributed by atoms with Crippen LogP contribution in [0.25, 0.3) is 33.3 Å². The Morgan fingerprint density at radius 2 is 1.64 bits per heavy atom. The Labute approximate surface area is 161 Å². The lowest BCUT2D eigenvalue weighted by Gasteiger charge is -2.12. The van der Waals surface area contributed by atoms with Gasteiger partial charge in [0.1, 0.15) is 5.52 Å². The van der Waals surface area contributed by atoms with Crippen LogP contribution >= 0.6 is 0 Å². The van der Waals surface area contributed by atoms with E-state index in [0.29, 0.717) is 28.2 Å². The number of para-hydroxylation sites is 1. The largest absolute Gasteiger partial charge is 0.441 e. The van der Waals surface area contributed by atoms with Crippen molar-refractivity contribution in [3.8, 4) is 11.3 Å². The van der Waals surface area contributed by atoms with Crippen LogP contribution in [0.2, 0.25) is 0 Å². The molecule has 0 atom stereocenters. The second kappa shape index (κ2) is 6.07. The number of aryl methyl sites for hydroxylation is 1. The summed E-state index contributed by atoms with van der Waals surface area (Å²) in [7, 11) is -3.78. The molecule has 0 N–H and O–H groups in total. The van der Waals surface area contributed by atoms with Crippen molar-refractivity contribution in [1.29, 1.82) is 0 Å². The van der Waals surface area contributed by atoms with E-state index in [4.69, 9.17) is 4.42 Å². The summed E-state index contributed by atoms with van der Waals surface area (Å²) < 4.78 is 34.0. The maximum atomic E-state index is 13.5. The van der Waals surface area contributed by atoms with Gasteiger partial charge in [0.05, 0.1) is 16.1 Å². The third-order valence-corrected chi connectivity index (χ3v) is 6.48. The molecule has 0 amide bonds. The smallest absolute Gasteiger partial charge is 0.268 e. The van der Waals surface area contributed by atoms with Crippen LogP contribution in [-0.2, 0) is 10.0 Å². The second-order valence-electron chi connectivity index (χ2n) is 6.59. The lowest BCUT2D eigenvalue weighted by atomic mass is 10.1. The lowest BCUT2D eigenvalue weighted by molar-refractivity contribution is 0.561. The van der Waals surface area contributed by atoms with Crippen molar-refractivity contribution in [3.63, 3.8) is 0 Å². The number of oxazole rings is 1. The lowest BCUT2D eigenvalue weighted by Crippen LogP contribution is -2.14. The molecule has 2 heterocycles. The highest BCUT2D eigenvalue weighted by Gasteiger charge is 2.24. The van der Waals surface area contributed by atoms with Gasteiger partial charge in [-0.05, 0) is 42.5 Å². The number of rotatable bonds is 3. The fraction of sp³-hybridized carbons (Fsp3) is 0.0455. The Kier molecular flexibility index (Phi) is 3.64. The number of aromatic nitrogens is 2. The molecule has 5 nitrogen and oxygen atoms in total. The van der Waals surface area contributed by atoms with Crippen molar-refractivity contribution in [2.45, 2.75) is 11.8 Å². The number of nitrogens with zero attached hydrogens (tertiary/aromatic N) is 2. The molecule has 5 aromatic rings. The summed E-state index contributed by atoms with van der Waals surface area (Å²) in [5.74, 6) is 0.574. The van der Waals surface area contributed by atoms with Gasteiger partial charge in [0, 0.05) is 17.9 Å². The summed E-state index contributed by atoms with van der Waals surface area (Å²) in [4.78, 5) is 4.62. The van der Waals surface area contributed by atoms with E-state index in [1.54, 1.807) is 37.3 Å². The molecule has 0 unspecified atom stereocenters. The molecule has 2 aromatic heterocycles. The van der Waals surface area contributed by atoms with E-state index >= 15 is 0 Å². The summed E-state index contributed by atoms with van der Waals surface area (Å²) in [6.45, 7) is 1.79. The molecule has 0 radical (unpaired) electrons. The molecule has 138 valence electrons. The Morgan fingerprint density at radius 3 is 2.46 bits per heavy atom. The predicted molar refractivity (Wildman–Crippen MR) is 109 cm³/mol. The van der Waals surface area contributed by atoms with E-state index in [0.717, 1.165) is 10.9 Å². The van der Waals surface area contributed by atoms with Gasteiger partial charge in [-0.25, -0.2) is 17.4 Å². The van der Waals surface area contributed by atoms with Gasteiger partial charge < -0.3 is 4.42 Å². The third kappa shape index (κ3) is 2.53. The molecule has 28 heavy (non-hydrogen) atoms. The second-order valence-corrected chi connectivity index (χ2v) is 8.37. The van der Waals surface area contributed by atoms with Crippen LogP contribution in [0.15, 0.2) is 88.2 Å². The minimum atomic E-state index is -3.78. The summed E-state index contributed by atoms with van der Waals surface area (Å²) in [5.41, 5.74) is 3.36. The van der Waals surface area contributed by atoms with Gasteiger partial charge in [-0.2, -0.15) is 0 Å². The standard InChI is InChI=1S/C22H16N2O3S/c1-15-23-19-13-17(11-12-22(19)27-15)21-14-16-7-5-6-10-20(16)24(21)28(25,26)18-8-3-2-4-9-18/h2-14H,1H3. The van der Waals surface area contributed by atoms with Crippen LogP contribution in [0.5, 0.6) is 0 Å². The fourth-order valence-corrected chi connectivity index (χ4v) is 5.04. The van der Waals surface area contributed by atoms with Crippen molar-refractivity contribution in [2.24, 2.45) is 0 Å². The molecule has 0 fully saturated rings. The van der Waals surface area contributed by atoms with Crippen LogP contribution in [-0.4, -0.2) is 17.4 Å². The first kappa shape index (κ1) is 16.8. The average Bonchev–Trinajstić information content (AvgIpc) is 3.27. The van der Waals surface area contributed by atoms with Gasteiger partial charge in [-0.3, -0.25) is 0 Å². The zero-order valence-corrected chi connectivity index (χ0v) is 15.8. The van der Waals surface area contributed by atoms with Crippen molar-refractivity contribution >= 4 is 32.0 Å². The highest BCUT2D eigenvalue weighted by molar-refractivity contribution is 7.90. The first-order valence-corrected chi connectivity index (χ1v) is 10.3. The highest BCUT2D eigenvalue weighted by Crippen LogP contribution is 2.33. The van der Waals surface area contributed by atoms with E-state index < -0.39 is 10.0 Å². The molecule has 5 rings (SSSR count). The van der Waals surface area contributed by atoms with E-state index in [1.165, 1.54) is 3.97 Å². The zero-order chi connectivity index (χ0) is 19.3. The minimum Gasteiger partial charge on any atom is -0.441 e. The molecule has 0 spiro atoms. The van der Waals surface area contributed by atoms with Crippen LogP contribution < -0.4 is 0 Å². The van der Waals surface area contributed by atoms with Crippen molar-refractivity contribution in [1.82, 2.24) is 8.96 Å². The first-order chi connectivity index (χ1) is 13.5. The average molecular weight is 388 g/mol. The molecule has 3 aromatic carbocycles. The summed E-state index contributed by atoms with van der Waals surface area (Å²) in [6, 6.07) is 23.4. The number of benzene rings is 3. The molecule has 0 saturated heterocycles. The predicted octanol–water partition coefficient (Wildman–Crippen LogP) is 4.99. The molecule has 0 aliphatic rings. The van der Waals surface area contributed by atoms with Gasteiger partial charge in [0.25, 0.3) is 10.0 Å². The van der Waals surface area contributed by atoms with Gasteiger partial charge in [-0.1, -0.05) is 36.4 Å². The molecule has 0 bridgehead atoms. The van der Waals surface area contributed by atoms with Crippen LogP contribution in [0.4, 0.5) is 0 Å². The maximum Gasteiger partial charge on any atom is 0.268 e. The third-order valence-electron chi connectivity index (χ3n) is 4.74. The molecular weight excluding hydrogens is 372 g/mol. The summed E-state index contributed by atoms with van der Waals surface area (Å²) in [5, 5.41) is 0.855. The van der Waals surface area contributed by atoms with E-state index in [9.17, 15) is 8.42 Å². The molecule has 0 saturated carbocycles. The van der Waals surface area contributed by atoms with Crippen molar-refractivity contribution in [2.75, 3.05) is 0 Å². The van der Waals surface area contributed by atoms with Gasteiger partial charge in [0.2, 0.25) is 0 Å². The van der Waals surface area contributed by atoms with Crippen molar-refractivity contribution < 1.29 is 12.8 Å². The van der Waals surface area contributed by atoms with E-state index in [1.807, 2.05) is 48.5 Å². The zero-order valence-electron chi connectivity index (χ0n) is 15.0. The SMILES string of the molecule is Cc1nc2cc(-c3cc4ccccc4n3S(=O)(=O)c3ccccc3)ccc2o1. The van der Waals surface area contributed by atoms with Crippen molar-refractivity contribution in [3.05, 3.63) is 84.8 Å². The van der Waals surface area contributed by atoms with Crippen LogP contribution in [0.3, 0.4) is 0 Å². The normalized spacial score (nSPS) is 12.0. The van der Waals surface area contributed by atoms with Gasteiger partial charge in [-0.15, -0.1) is 0 Å². The first-order valence-electron chi connectivity index (χ1n) is 8.83. The summed E-state index contributed by atoms with van der Waals surface area (Å²) >= 11 is 0.